The number of fused-ring (bicyclic) bond motifs is 1. The molecule has 0 fully saturated rings. The Labute approximate surface area is 98.7 Å². The van der Waals surface area contributed by atoms with Crippen molar-refractivity contribution in [3.8, 4) is 11.5 Å². The molecule has 1 heterocycles. The zero-order valence-electron chi connectivity index (χ0n) is 9.64. The van der Waals surface area contributed by atoms with Gasteiger partial charge in [0, 0.05) is 12.6 Å². The van der Waals surface area contributed by atoms with E-state index in [4.69, 9.17) is 14.6 Å². The quantitative estimate of drug-likeness (QED) is 0.852. The molecule has 17 heavy (non-hydrogen) atoms. The lowest BCUT2D eigenvalue weighted by Crippen LogP contribution is -2.24. The van der Waals surface area contributed by atoms with E-state index >= 15 is 0 Å². The molecule has 1 atom stereocenters. The maximum absolute atomic E-state index is 10.9. The van der Waals surface area contributed by atoms with E-state index in [1.807, 2.05) is 0 Å². The molecule has 0 aromatic heterocycles. The molecule has 5 nitrogen and oxygen atoms in total. The van der Waals surface area contributed by atoms with Crippen molar-refractivity contribution in [3.05, 3.63) is 23.3 Å². The Balaban J connectivity index is 2.41. The lowest BCUT2D eigenvalue weighted by atomic mass is 9.97. The van der Waals surface area contributed by atoms with Crippen LogP contribution in [0.25, 0.3) is 0 Å². The van der Waals surface area contributed by atoms with Crippen LogP contribution in [-0.4, -0.2) is 37.6 Å². The Morgan fingerprint density at radius 2 is 2.00 bits per heavy atom. The molecule has 1 aromatic rings. The molecule has 0 saturated heterocycles. The second-order valence-corrected chi connectivity index (χ2v) is 3.74. The van der Waals surface area contributed by atoms with Crippen LogP contribution >= 0.6 is 0 Å². The summed E-state index contributed by atoms with van der Waals surface area (Å²) >= 11 is 0. The molecule has 0 amide bonds. The average molecular weight is 235 g/mol. The number of carbonyl (C=O) groups is 1. The molecule has 90 valence electrons. The van der Waals surface area contributed by atoms with Gasteiger partial charge in [-0.1, -0.05) is 0 Å². The Hall–Kier alpha value is -2.04. The van der Waals surface area contributed by atoms with E-state index in [1.165, 1.54) is 0 Å². The SMILES string of the molecule is COc1cc2c(cc1OC)CC(C(=O)O)N=C2. The third kappa shape index (κ3) is 2.08. The molecule has 0 saturated carbocycles. The number of rotatable bonds is 3. The molecule has 1 unspecified atom stereocenters. The fourth-order valence-corrected chi connectivity index (χ4v) is 1.82. The zero-order valence-corrected chi connectivity index (χ0v) is 9.64. The van der Waals surface area contributed by atoms with Crippen LogP contribution in [0.1, 0.15) is 11.1 Å². The molecule has 0 spiro atoms. The maximum atomic E-state index is 10.9. The van der Waals surface area contributed by atoms with E-state index in [-0.39, 0.29) is 0 Å². The van der Waals surface area contributed by atoms with E-state index in [0.717, 1.165) is 11.1 Å². The van der Waals surface area contributed by atoms with Gasteiger partial charge in [0.25, 0.3) is 0 Å². The molecule has 1 aliphatic heterocycles. The summed E-state index contributed by atoms with van der Waals surface area (Å²) in [7, 11) is 3.11. The predicted octanol–water partition coefficient (Wildman–Crippen LogP) is 1.13. The number of hydrogen-bond acceptors (Lipinski definition) is 4. The Bertz CT molecular complexity index is 482. The minimum absolute atomic E-state index is 0.377. The summed E-state index contributed by atoms with van der Waals surface area (Å²) in [5.41, 5.74) is 1.78. The number of aliphatic carboxylic acids is 1. The van der Waals surface area contributed by atoms with E-state index in [1.54, 1.807) is 32.6 Å². The van der Waals surface area contributed by atoms with Gasteiger partial charge in [0.1, 0.15) is 0 Å². The highest BCUT2D eigenvalue weighted by Crippen LogP contribution is 2.32. The first-order valence-electron chi connectivity index (χ1n) is 5.16. The van der Waals surface area contributed by atoms with Crippen molar-refractivity contribution in [2.24, 2.45) is 4.99 Å². The fourth-order valence-electron chi connectivity index (χ4n) is 1.82. The third-order valence-electron chi connectivity index (χ3n) is 2.74. The lowest BCUT2D eigenvalue weighted by molar-refractivity contribution is -0.138. The topological polar surface area (TPSA) is 68.1 Å². The standard InChI is InChI=1S/C12H13NO4/c1-16-10-4-7-3-9(12(14)15)13-6-8(7)5-11(10)17-2/h4-6,9H,3H2,1-2H3,(H,14,15). The van der Waals surface area contributed by atoms with E-state index in [2.05, 4.69) is 4.99 Å². The zero-order chi connectivity index (χ0) is 12.4. The van der Waals surface area contributed by atoms with Crippen LogP contribution in [0.3, 0.4) is 0 Å². The summed E-state index contributed by atoms with van der Waals surface area (Å²) in [5.74, 6) is 0.304. The maximum Gasteiger partial charge on any atom is 0.328 e. The molecule has 1 aromatic carbocycles. The van der Waals surface area contributed by atoms with Gasteiger partial charge in [0.2, 0.25) is 0 Å². The summed E-state index contributed by atoms with van der Waals surface area (Å²) in [6.45, 7) is 0. The number of carboxylic acids is 1. The van der Waals surface area contributed by atoms with E-state index in [9.17, 15) is 4.79 Å². The van der Waals surface area contributed by atoms with E-state index in [0.29, 0.717) is 17.9 Å². The van der Waals surface area contributed by atoms with Gasteiger partial charge in [-0.05, 0) is 23.3 Å². The highest BCUT2D eigenvalue weighted by atomic mass is 16.5. The summed E-state index contributed by atoms with van der Waals surface area (Å²) in [4.78, 5) is 14.9. The van der Waals surface area contributed by atoms with Crippen LogP contribution in [0.5, 0.6) is 11.5 Å². The first-order chi connectivity index (χ1) is 8.15. The molecule has 1 N–H and O–H groups in total. The van der Waals surface area contributed by atoms with Crippen LogP contribution in [0.2, 0.25) is 0 Å². The van der Waals surface area contributed by atoms with Crippen molar-refractivity contribution in [1.29, 1.82) is 0 Å². The van der Waals surface area contributed by atoms with Gasteiger partial charge >= 0.3 is 5.97 Å². The fraction of sp³-hybridized carbons (Fsp3) is 0.333. The Kier molecular flexibility index (Phi) is 2.99. The normalized spacial score (nSPS) is 17.4. The van der Waals surface area contributed by atoms with Gasteiger partial charge < -0.3 is 14.6 Å². The number of hydrogen-bond donors (Lipinski definition) is 1. The highest BCUT2D eigenvalue weighted by Gasteiger charge is 2.22. The van der Waals surface area contributed by atoms with Gasteiger partial charge in [-0.15, -0.1) is 0 Å². The first-order valence-corrected chi connectivity index (χ1v) is 5.16. The van der Waals surface area contributed by atoms with E-state index < -0.39 is 12.0 Å². The smallest absolute Gasteiger partial charge is 0.328 e. The summed E-state index contributed by atoms with van der Waals surface area (Å²) < 4.78 is 10.4. The second-order valence-electron chi connectivity index (χ2n) is 3.74. The van der Waals surface area contributed by atoms with Crippen molar-refractivity contribution in [2.45, 2.75) is 12.5 Å². The number of ether oxygens (including phenoxy) is 2. The Morgan fingerprint density at radius 1 is 1.35 bits per heavy atom. The van der Waals surface area contributed by atoms with Crippen LogP contribution in [0.4, 0.5) is 0 Å². The largest absolute Gasteiger partial charge is 0.493 e. The summed E-state index contributed by atoms with van der Waals surface area (Å²) in [5, 5.41) is 8.92. The number of aliphatic imine (C=N–C) groups is 1. The summed E-state index contributed by atoms with van der Waals surface area (Å²) in [6, 6.07) is 2.89. The minimum Gasteiger partial charge on any atom is -0.493 e. The van der Waals surface area contributed by atoms with Crippen LogP contribution in [-0.2, 0) is 11.2 Å². The molecule has 2 rings (SSSR count). The van der Waals surface area contributed by atoms with Crippen molar-refractivity contribution < 1.29 is 19.4 Å². The molecule has 0 bridgehead atoms. The molecule has 1 aliphatic rings. The monoisotopic (exact) mass is 235 g/mol. The number of benzene rings is 1. The van der Waals surface area contributed by atoms with Gasteiger partial charge in [-0.25, -0.2) is 4.79 Å². The van der Waals surface area contributed by atoms with Gasteiger partial charge in [-0.2, -0.15) is 0 Å². The van der Waals surface area contributed by atoms with Crippen molar-refractivity contribution in [1.82, 2.24) is 0 Å². The molecular formula is C12H13NO4. The number of nitrogens with zero attached hydrogens (tertiary/aromatic N) is 1. The van der Waals surface area contributed by atoms with Crippen LogP contribution in [0, 0.1) is 0 Å². The lowest BCUT2D eigenvalue weighted by Gasteiger charge is -2.18. The molecule has 0 radical (unpaired) electrons. The van der Waals surface area contributed by atoms with Crippen molar-refractivity contribution >= 4 is 12.2 Å². The van der Waals surface area contributed by atoms with Gasteiger partial charge in [0.15, 0.2) is 17.5 Å². The minimum atomic E-state index is -0.915. The average Bonchev–Trinajstić information content (AvgIpc) is 2.36. The Morgan fingerprint density at radius 3 is 2.59 bits per heavy atom. The van der Waals surface area contributed by atoms with Crippen LogP contribution < -0.4 is 9.47 Å². The van der Waals surface area contributed by atoms with Crippen molar-refractivity contribution in [3.63, 3.8) is 0 Å². The predicted molar refractivity (Wildman–Crippen MR) is 62.3 cm³/mol. The molecule has 0 aliphatic carbocycles. The van der Waals surface area contributed by atoms with Crippen LogP contribution in [0.15, 0.2) is 17.1 Å². The first kappa shape index (κ1) is 11.4. The van der Waals surface area contributed by atoms with Gasteiger partial charge in [-0.3, -0.25) is 4.99 Å². The number of methoxy groups -OCH3 is 2. The number of carboxylic acid groups (broad SMARTS) is 1. The highest BCUT2D eigenvalue weighted by molar-refractivity contribution is 5.88. The van der Waals surface area contributed by atoms with Crippen molar-refractivity contribution in [2.75, 3.05) is 14.2 Å². The molecular weight excluding hydrogens is 222 g/mol. The van der Waals surface area contributed by atoms with Gasteiger partial charge in [0.05, 0.1) is 14.2 Å². The second kappa shape index (κ2) is 4.45. The third-order valence-corrected chi connectivity index (χ3v) is 2.74. The summed E-state index contributed by atoms with van der Waals surface area (Å²) in [6.07, 6.45) is 1.95. The molecule has 5 heteroatoms.